The molecule has 0 unspecified atom stereocenters. The van der Waals surface area contributed by atoms with E-state index in [0.29, 0.717) is 0 Å². The summed E-state index contributed by atoms with van der Waals surface area (Å²) < 4.78 is 37.1. The second-order valence-electron chi connectivity index (χ2n) is 2.44. The topological polar surface area (TPSA) is 17.8 Å². The highest BCUT2D eigenvalue weighted by molar-refractivity contribution is 6.66. The Balaban J connectivity index is 2.60. The molecule has 0 aliphatic heterocycles. The number of hydrogen-bond donors (Lipinski definition) is 0. The molecular formula is C6H7BF3N2-. The predicted octanol–water partition coefficient (Wildman–Crippen LogP) is 1.83. The first-order valence-corrected chi connectivity index (χ1v) is 3.35. The normalized spacial score (nSPS) is 11.6. The van der Waals surface area contributed by atoms with Crippen LogP contribution in [-0.4, -0.2) is 16.8 Å². The molecule has 2 nitrogen and oxygen atoms in total. The van der Waals surface area contributed by atoms with Crippen LogP contribution in [0, 0.1) is 0 Å². The van der Waals surface area contributed by atoms with Crippen molar-refractivity contribution in [1.29, 1.82) is 0 Å². The van der Waals surface area contributed by atoms with Crippen molar-refractivity contribution in [2.75, 3.05) is 0 Å². The van der Waals surface area contributed by atoms with Crippen molar-refractivity contribution in [3.63, 3.8) is 0 Å². The van der Waals surface area contributed by atoms with Gasteiger partial charge in [0.2, 0.25) is 0 Å². The van der Waals surface area contributed by atoms with Crippen molar-refractivity contribution in [3.8, 4) is 0 Å². The first-order chi connectivity index (χ1) is 5.50. The third-order valence-electron chi connectivity index (χ3n) is 1.39. The van der Waals surface area contributed by atoms with Crippen molar-refractivity contribution in [2.45, 2.75) is 6.54 Å². The van der Waals surface area contributed by atoms with Gasteiger partial charge in [0.05, 0.1) is 0 Å². The van der Waals surface area contributed by atoms with Crippen molar-refractivity contribution in [2.24, 2.45) is 0 Å². The Bertz CT molecular complexity index is 265. The van der Waals surface area contributed by atoms with E-state index < -0.39 is 12.4 Å². The molecule has 0 bridgehead atoms. The molecule has 0 aliphatic rings. The van der Waals surface area contributed by atoms with Crippen LogP contribution in [0.15, 0.2) is 30.5 Å². The van der Waals surface area contributed by atoms with Crippen molar-refractivity contribution >= 4 is 6.98 Å². The highest BCUT2D eigenvalue weighted by atomic mass is 19.4. The summed E-state index contributed by atoms with van der Waals surface area (Å²) in [5.74, 6) is 0. The standard InChI is InChI=1S/C6H7BF3N2/c1-6(7(8,9)10)5-12-4-2-3-11-12/h2-4H,1,5H2/q-1. The fraction of sp³-hybridized carbons (Fsp3) is 0.167. The average Bonchev–Trinajstić information content (AvgIpc) is 2.37. The highest BCUT2D eigenvalue weighted by Gasteiger charge is 2.26. The van der Waals surface area contributed by atoms with E-state index in [1.165, 1.54) is 17.1 Å². The molecule has 0 saturated heterocycles. The molecule has 0 fully saturated rings. The summed E-state index contributed by atoms with van der Waals surface area (Å²) in [6, 6.07) is 1.57. The van der Waals surface area contributed by atoms with E-state index in [1.807, 2.05) is 0 Å². The zero-order valence-corrected chi connectivity index (χ0v) is 6.25. The first kappa shape index (κ1) is 8.90. The number of allylic oxidation sites excluding steroid dienone is 1. The number of aromatic nitrogens is 2. The molecule has 0 atom stereocenters. The van der Waals surface area contributed by atoms with Gasteiger partial charge in [0.25, 0.3) is 0 Å². The summed E-state index contributed by atoms with van der Waals surface area (Å²) in [6.45, 7) is -2.27. The van der Waals surface area contributed by atoms with Crippen LogP contribution in [0.25, 0.3) is 0 Å². The van der Waals surface area contributed by atoms with Crippen LogP contribution in [0.4, 0.5) is 12.9 Å². The van der Waals surface area contributed by atoms with Crippen molar-refractivity contribution in [1.82, 2.24) is 9.78 Å². The molecule has 1 aromatic rings. The molecule has 6 heteroatoms. The second kappa shape index (κ2) is 3.04. The van der Waals surface area contributed by atoms with Gasteiger partial charge < -0.3 is 12.9 Å². The van der Waals surface area contributed by atoms with E-state index in [1.54, 1.807) is 6.07 Å². The molecular weight excluding hydrogens is 168 g/mol. The molecule has 0 aromatic carbocycles. The monoisotopic (exact) mass is 175 g/mol. The first-order valence-electron chi connectivity index (χ1n) is 3.35. The van der Waals surface area contributed by atoms with E-state index in [4.69, 9.17) is 0 Å². The Morgan fingerprint density at radius 1 is 1.50 bits per heavy atom. The summed E-state index contributed by atoms with van der Waals surface area (Å²) in [7, 11) is 0. The molecule has 1 rings (SSSR count). The summed E-state index contributed by atoms with van der Waals surface area (Å²) in [4.78, 5) is 0. The van der Waals surface area contributed by atoms with E-state index in [9.17, 15) is 12.9 Å². The largest absolute Gasteiger partial charge is 0.506 e. The Morgan fingerprint density at radius 2 is 2.17 bits per heavy atom. The smallest absolute Gasteiger partial charge is 0.445 e. The maximum absolute atomic E-state index is 12.0. The number of rotatable bonds is 3. The third kappa shape index (κ3) is 2.15. The lowest BCUT2D eigenvalue weighted by Crippen LogP contribution is -2.22. The molecule has 0 aliphatic carbocycles. The second-order valence-corrected chi connectivity index (χ2v) is 2.44. The van der Waals surface area contributed by atoms with Gasteiger partial charge >= 0.3 is 6.98 Å². The Labute approximate surface area is 67.7 Å². The molecule has 66 valence electrons. The summed E-state index contributed by atoms with van der Waals surface area (Å²) in [5.41, 5.74) is -0.737. The zero-order valence-electron chi connectivity index (χ0n) is 6.25. The summed E-state index contributed by atoms with van der Waals surface area (Å²) in [6.07, 6.45) is 2.89. The predicted molar refractivity (Wildman–Crippen MR) is 40.4 cm³/mol. The van der Waals surface area contributed by atoms with Gasteiger partial charge in [0.15, 0.2) is 0 Å². The van der Waals surface area contributed by atoms with Gasteiger partial charge in [-0.15, -0.1) is 12.1 Å². The molecule has 1 heterocycles. The fourth-order valence-corrected chi connectivity index (χ4v) is 0.706. The van der Waals surface area contributed by atoms with Gasteiger partial charge in [-0.1, -0.05) is 0 Å². The van der Waals surface area contributed by atoms with Gasteiger partial charge in [0.1, 0.15) is 0 Å². The fourth-order valence-electron chi connectivity index (χ4n) is 0.706. The molecule has 0 N–H and O–H groups in total. The lowest BCUT2D eigenvalue weighted by Gasteiger charge is -2.17. The van der Waals surface area contributed by atoms with E-state index >= 15 is 0 Å². The van der Waals surface area contributed by atoms with Gasteiger partial charge in [0, 0.05) is 18.9 Å². The van der Waals surface area contributed by atoms with Crippen LogP contribution in [-0.2, 0) is 6.54 Å². The van der Waals surface area contributed by atoms with Gasteiger partial charge in [-0.3, -0.25) is 4.68 Å². The summed E-state index contributed by atoms with van der Waals surface area (Å²) >= 11 is 0. The Hall–Kier alpha value is -1.20. The molecule has 0 radical (unpaired) electrons. The quantitative estimate of drug-likeness (QED) is 0.640. The lowest BCUT2D eigenvalue weighted by molar-refractivity contribution is 0.479. The van der Waals surface area contributed by atoms with Crippen LogP contribution < -0.4 is 0 Å². The maximum Gasteiger partial charge on any atom is 0.506 e. The van der Waals surface area contributed by atoms with E-state index in [-0.39, 0.29) is 6.54 Å². The number of halogens is 3. The Morgan fingerprint density at radius 3 is 2.58 bits per heavy atom. The average molecular weight is 175 g/mol. The molecule has 0 spiro atoms. The van der Waals surface area contributed by atoms with Gasteiger partial charge in [-0.2, -0.15) is 5.10 Å². The van der Waals surface area contributed by atoms with Crippen molar-refractivity contribution in [3.05, 3.63) is 30.5 Å². The highest BCUT2D eigenvalue weighted by Crippen LogP contribution is 2.18. The number of hydrogen-bond acceptors (Lipinski definition) is 1. The summed E-state index contributed by atoms with van der Waals surface area (Å²) in [5, 5.41) is 3.64. The maximum atomic E-state index is 12.0. The van der Waals surface area contributed by atoms with Crippen LogP contribution >= 0.6 is 0 Å². The van der Waals surface area contributed by atoms with Crippen molar-refractivity contribution < 1.29 is 12.9 Å². The minimum atomic E-state index is -4.93. The third-order valence-corrected chi connectivity index (χ3v) is 1.39. The van der Waals surface area contributed by atoms with Crippen LogP contribution in [0.1, 0.15) is 0 Å². The molecule has 12 heavy (non-hydrogen) atoms. The molecule has 0 saturated carbocycles. The zero-order chi connectivity index (χ0) is 9.19. The van der Waals surface area contributed by atoms with Crippen LogP contribution in [0.3, 0.4) is 0 Å². The van der Waals surface area contributed by atoms with Crippen LogP contribution in [0.5, 0.6) is 0 Å². The minimum Gasteiger partial charge on any atom is -0.445 e. The van der Waals surface area contributed by atoms with Crippen LogP contribution in [0.2, 0.25) is 0 Å². The lowest BCUT2D eigenvalue weighted by atomic mass is 9.80. The Kier molecular flexibility index (Phi) is 2.26. The molecule has 1 aromatic heterocycles. The van der Waals surface area contributed by atoms with Gasteiger partial charge in [-0.05, 0) is 6.07 Å². The number of nitrogens with zero attached hydrogens (tertiary/aromatic N) is 2. The molecule has 0 amide bonds. The van der Waals surface area contributed by atoms with E-state index in [0.717, 1.165) is 0 Å². The van der Waals surface area contributed by atoms with E-state index in [2.05, 4.69) is 11.7 Å². The SMILES string of the molecule is C=C(Cn1cccn1)[B-](F)(F)F. The van der Waals surface area contributed by atoms with Gasteiger partial charge in [-0.25, -0.2) is 0 Å². The minimum absolute atomic E-state index is 0.281.